The molecule has 0 aliphatic carbocycles. The van der Waals surface area contributed by atoms with Crippen molar-refractivity contribution in [3.63, 3.8) is 0 Å². The molecule has 1 amide bonds. The number of carbonyl (C=O) groups is 2. The quantitative estimate of drug-likeness (QED) is 0.698. The normalized spacial score (nSPS) is 10.8. The van der Waals surface area contributed by atoms with Crippen molar-refractivity contribution in [3.05, 3.63) is 54.1 Å². The van der Waals surface area contributed by atoms with Gasteiger partial charge < -0.3 is 14.8 Å². The zero-order chi connectivity index (χ0) is 19.2. The van der Waals surface area contributed by atoms with Crippen LogP contribution >= 0.6 is 0 Å². The van der Waals surface area contributed by atoms with E-state index in [1.54, 1.807) is 18.2 Å². The topological polar surface area (TPSA) is 125 Å². The lowest BCUT2D eigenvalue weighted by Gasteiger charge is -2.09. The number of carbonyl (C=O) groups excluding carboxylic acids is 2. The lowest BCUT2D eigenvalue weighted by Crippen LogP contribution is -2.23. The Balaban J connectivity index is 1.80. The Hall–Kier alpha value is -2.91. The summed E-state index contributed by atoms with van der Waals surface area (Å²) >= 11 is 0. The van der Waals surface area contributed by atoms with E-state index >= 15 is 0 Å². The minimum absolute atomic E-state index is 0.140. The molecule has 0 radical (unpaired) electrons. The van der Waals surface area contributed by atoms with Gasteiger partial charge >= 0.3 is 5.97 Å². The third kappa shape index (κ3) is 6.19. The van der Waals surface area contributed by atoms with Gasteiger partial charge in [-0.3, -0.25) is 4.79 Å². The second kappa shape index (κ2) is 8.45. The number of ether oxygens (including phenoxy) is 2. The summed E-state index contributed by atoms with van der Waals surface area (Å²) < 4.78 is 32.6. The number of aryl methyl sites for hydroxylation is 1. The van der Waals surface area contributed by atoms with E-state index in [0.717, 1.165) is 5.56 Å². The third-order valence-corrected chi connectivity index (χ3v) is 4.07. The minimum atomic E-state index is -3.88. The van der Waals surface area contributed by atoms with E-state index in [0.29, 0.717) is 5.75 Å². The van der Waals surface area contributed by atoms with E-state index in [1.807, 2.05) is 13.0 Å². The van der Waals surface area contributed by atoms with Crippen LogP contribution in [0.2, 0.25) is 0 Å². The summed E-state index contributed by atoms with van der Waals surface area (Å²) in [6.45, 7) is 1.02. The van der Waals surface area contributed by atoms with Gasteiger partial charge in [-0.15, -0.1) is 0 Å². The Morgan fingerprint density at radius 3 is 2.50 bits per heavy atom. The molecule has 0 aromatic heterocycles. The maximum absolute atomic E-state index is 11.8. The molecule has 2 aromatic carbocycles. The van der Waals surface area contributed by atoms with Gasteiger partial charge in [0.15, 0.2) is 13.2 Å². The van der Waals surface area contributed by atoms with E-state index in [9.17, 15) is 18.0 Å². The van der Waals surface area contributed by atoms with E-state index in [4.69, 9.17) is 14.6 Å². The number of primary sulfonamides is 1. The first-order chi connectivity index (χ1) is 12.2. The Morgan fingerprint density at radius 2 is 1.81 bits per heavy atom. The molecule has 0 aliphatic rings. The molecule has 9 heteroatoms. The molecule has 138 valence electrons. The molecule has 26 heavy (non-hydrogen) atoms. The maximum atomic E-state index is 11.8. The molecule has 0 spiro atoms. The van der Waals surface area contributed by atoms with Crippen molar-refractivity contribution in [3.8, 4) is 5.75 Å². The molecule has 2 rings (SSSR count). The van der Waals surface area contributed by atoms with Gasteiger partial charge in [0.05, 0.1) is 4.90 Å². The zero-order valence-electron chi connectivity index (χ0n) is 14.0. The van der Waals surface area contributed by atoms with Crippen molar-refractivity contribution in [1.82, 2.24) is 0 Å². The fraction of sp³-hybridized carbons (Fsp3) is 0.176. The van der Waals surface area contributed by atoms with Crippen LogP contribution in [0.5, 0.6) is 5.75 Å². The van der Waals surface area contributed by atoms with Crippen LogP contribution in [0.3, 0.4) is 0 Å². The number of sulfonamides is 1. The highest BCUT2D eigenvalue weighted by atomic mass is 32.2. The highest BCUT2D eigenvalue weighted by Crippen LogP contribution is 2.14. The first-order valence-corrected chi connectivity index (χ1v) is 9.06. The SMILES string of the molecule is Cc1cccc(OCC(=O)OCC(=O)Nc2cccc(S(N)(=O)=O)c2)c1. The van der Waals surface area contributed by atoms with Crippen LogP contribution in [0.25, 0.3) is 0 Å². The van der Waals surface area contributed by atoms with Gasteiger partial charge in [-0.2, -0.15) is 0 Å². The molecule has 0 heterocycles. The predicted octanol–water partition coefficient (Wildman–Crippen LogP) is 1.20. The summed E-state index contributed by atoms with van der Waals surface area (Å²) in [4.78, 5) is 23.3. The number of anilines is 1. The summed E-state index contributed by atoms with van der Waals surface area (Å²) in [5.74, 6) is -0.813. The van der Waals surface area contributed by atoms with Crippen LogP contribution in [-0.2, 0) is 24.3 Å². The van der Waals surface area contributed by atoms with Crippen LogP contribution in [-0.4, -0.2) is 33.5 Å². The molecular weight excluding hydrogens is 360 g/mol. The molecule has 2 aromatic rings. The molecule has 0 atom stereocenters. The summed E-state index contributed by atoms with van der Waals surface area (Å²) in [5.41, 5.74) is 1.20. The molecule has 0 bridgehead atoms. The summed E-state index contributed by atoms with van der Waals surface area (Å²) in [6.07, 6.45) is 0. The summed E-state index contributed by atoms with van der Waals surface area (Å²) in [5, 5.41) is 7.44. The second-order valence-electron chi connectivity index (χ2n) is 5.39. The zero-order valence-corrected chi connectivity index (χ0v) is 14.8. The van der Waals surface area contributed by atoms with E-state index in [-0.39, 0.29) is 17.2 Å². The molecular formula is C17H18N2O6S. The van der Waals surface area contributed by atoms with Crippen LogP contribution in [0.1, 0.15) is 5.56 Å². The molecule has 0 saturated heterocycles. The number of benzene rings is 2. The maximum Gasteiger partial charge on any atom is 0.344 e. The average Bonchev–Trinajstić information content (AvgIpc) is 2.58. The van der Waals surface area contributed by atoms with Crippen molar-refractivity contribution >= 4 is 27.6 Å². The number of nitrogens with one attached hydrogen (secondary N) is 1. The molecule has 0 unspecified atom stereocenters. The number of hydrogen-bond acceptors (Lipinski definition) is 6. The fourth-order valence-electron chi connectivity index (χ4n) is 1.98. The molecule has 0 saturated carbocycles. The monoisotopic (exact) mass is 378 g/mol. The average molecular weight is 378 g/mol. The standard InChI is InChI=1S/C17H18N2O6S/c1-12-4-2-6-14(8-12)24-11-17(21)25-10-16(20)19-13-5-3-7-15(9-13)26(18,22)23/h2-9H,10-11H2,1H3,(H,19,20)(H2,18,22,23). The smallest absolute Gasteiger partial charge is 0.344 e. The summed E-state index contributed by atoms with van der Waals surface area (Å²) in [6, 6.07) is 12.6. The number of amides is 1. The molecule has 0 aliphatic heterocycles. The van der Waals surface area contributed by atoms with Crippen LogP contribution in [0.15, 0.2) is 53.4 Å². The van der Waals surface area contributed by atoms with Crippen molar-refractivity contribution in [2.24, 2.45) is 5.14 Å². The molecule has 8 nitrogen and oxygen atoms in total. The second-order valence-corrected chi connectivity index (χ2v) is 6.95. The number of nitrogens with two attached hydrogens (primary N) is 1. The van der Waals surface area contributed by atoms with Gasteiger partial charge in [0.25, 0.3) is 5.91 Å². The highest BCUT2D eigenvalue weighted by molar-refractivity contribution is 7.89. The predicted molar refractivity (Wildman–Crippen MR) is 94.1 cm³/mol. The van der Waals surface area contributed by atoms with E-state index in [1.165, 1.54) is 24.3 Å². The van der Waals surface area contributed by atoms with Gasteiger partial charge in [0.2, 0.25) is 10.0 Å². The third-order valence-electron chi connectivity index (χ3n) is 3.16. The Labute approximate surface area is 151 Å². The van der Waals surface area contributed by atoms with Crippen LogP contribution in [0, 0.1) is 6.92 Å². The van der Waals surface area contributed by atoms with Gasteiger partial charge in [0.1, 0.15) is 5.75 Å². The van der Waals surface area contributed by atoms with Gasteiger partial charge in [-0.1, -0.05) is 18.2 Å². The summed E-state index contributed by atoms with van der Waals surface area (Å²) in [7, 11) is -3.88. The van der Waals surface area contributed by atoms with E-state index in [2.05, 4.69) is 5.32 Å². The fourth-order valence-corrected chi connectivity index (χ4v) is 2.54. The van der Waals surface area contributed by atoms with Crippen molar-refractivity contribution < 1.29 is 27.5 Å². The highest BCUT2D eigenvalue weighted by Gasteiger charge is 2.11. The minimum Gasteiger partial charge on any atom is -0.482 e. The largest absolute Gasteiger partial charge is 0.482 e. The molecule has 3 N–H and O–H groups in total. The van der Waals surface area contributed by atoms with Crippen LogP contribution < -0.4 is 15.2 Å². The van der Waals surface area contributed by atoms with Gasteiger partial charge in [-0.25, -0.2) is 18.4 Å². The molecule has 0 fully saturated rings. The van der Waals surface area contributed by atoms with Crippen molar-refractivity contribution in [2.75, 3.05) is 18.5 Å². The number of hydrogen-bond donors (Lipinski definition) is 2. The Bertz CT molecular complexity index is 911. The Morgan fingerprint density at radius 1 is 1.08 bits per heavy atom. The first-order valence-electron chi connectivity index (χ1n) is 7.52. The Kier molecular flexibility index (Phi) is 6.31. The van der Waals surface area contributed by atoms with E-state index < -0.39 is 28.5 Å². The lowest BCUT2D eigenvalue weighted by molar-refractivity contribution is -0.149. The van der Waals surface area contributed by atoms with Gasteiger partial charge in [-0.05, 0) is 42.8 Å². The lowest BCUT2D eigenvalue weighted by atomic mass is 10.2. The number of rotatable bonds is 7. The van der Waals surface area contributed by atoms with Gasteiger partial charge in [0, 0.05) is 5.69 Å². The number of esters is 1. The van der Waals surface area contributed by atoms with Crippen molar-refractivity contribution in [1.29, 1.82) is 0 Å². The van der Waals surface area contributed by atoms with Crippen molar-refractivity contribution in [2.45, 2.75) is 11.8 Å². The first kappa shape index (κ1) is 19.4. The van der Waals surface area contributed by atoms with Crippen LogP contribution in [0.4, 0.5) is 5.69 Å².